The third kappa shape index (κ3) is 3.55. The lowest BCUT2D eigenvalue weighted by atomic mass is 10.0. The number of carbonyl (C=O) groups is 1. The van der Waals surface area contributed by atoms with Crippen molar-refractivity contribution in [3.63, 3.8) is 0 Å². The number of carbonyl (C=O) groups excluding carboxylic acids is 1. The van der Waals surface area contributed by atoms with Gasteiger partial charge in [-0.2, -0.15) is 0 Å². The first-order valence-corrected chi connectivity index (χ1v) is 7.16. The third-order valence-electron chi connectivity index (χ3n) is 3.40. The van der Waals surface area contributed by atoms with Crippen LogP contribution in [0, 0.1) is 0 Å². The van der Waals surface area contributed by atoms with Crippen LogP contribution in [-0.4, -0.2) is 42.3 Å². The second-order valence-electron chi connectivity index (χ2n) is 4.77. The van der Waals surface area contributed by atoms with Crippen LogP contribution in [0.25, 0.3) is 0 Å². The molecule has 0 saturated carbocycles. The number of hydrogen-bond donors (Lipinski definition) is 1. The van der Waals surface area contributed by atoms with E-state index < -0.39 is 6.04 Å². The molecule has 0 radical (unpaired) electrons. The summed E-state index contributed by atoms with van der Waals surface area (Å²) in [5, 5.41) is 9.77. The maximum absolute atomic E-state index is 12.0. The monoisotopic (exact) mass is 327 g/mol. The van der Waals surface area contributed by atoms with Crippen LogP contribution >= 0.6 is 15.9 Å². The predicted octanol–water partition coefficient (Wildman–Crippen LogP) is 2.12. The van der Waals surface area contributed by atoms with Gasteiger partial charge in [-0.25, -0.2) is 4.79 Å². The summed E-state index contributed by atoms with van der Waals surface area (Å²) < 4.78 is 5.88. The van der Waals surface area contributed by atoms with Crippen molar-refractivity contribution in [3.05, 3.63) is 34.3 Å². The quantitative estimate of drug-likeness (QED) is 0.864. The van der Waals surface area contributed by atoms with Crippen LogP contribution in [0.4, 0.5) is 0 Å². The number of halogens is 1. The summed E-state index contributed by atoms with van der Waals surface area (Å²) in [4.78, 5) is 14.0. The molecule has 0 amide bonds. The first-order chi connectivity index (χ1) is 9.11. The van der Waals surface area contributed by atoms with Crippen LogP contribution in [0.1, 0.15) is 24.4 Å². The van der Waals surface area contributed by atoms with Gasteiger partial charge >= 0.3 is 5.97 Å². The van der Waals surface area contributed by atoms with Gasteiger partial charge in [0.1, 0.15) is 6.04 Å². The summed E-state index contributed by atoms with van der Waals surface area (Å²) >= 11 is 3.38. The lowest BCUT2D eigenvalue weighted by Gasteiger charge is -2.35. The minimum absolute atomic E-state index is 0.281. The lowest BCUT2D eigenvalue weighted by molar-refractivity contribution is -0.148. The highest BCUT2D eigenvalue weighted by atomic mass is 79.9. The van der Waals surface area contributed by atoms with Gasteiger partial charge in [-0.3, -0.25) is 4.90 Å². The minimum Gasteiger partial charge on any atom is -0.468 e. The van der Waals surface area contributed by atoms with Crippen molar-refractivity contribution < 1.29 is 14.6 Å². The molecule has 1 heterocycles. The number of likely N-dealkylation sites (tertiary alicyclic amines) is 1. The molecule has 1 fully saturated rings. The molecular formula is C14H18BrNO3. The van der Waals surface area contributed by atoms with Crippen LogP contribution in [-0.2, 0) is 9.53 Å². The number of ether oxygens (including phenoxy) is 1. The van der Waals surface area contributed by atoms with Crippen molar-refractivity contribution in [1.29, 1.82) is 0 Å². The maximum Gasteiger partial charge on any atom is 0.327 e. The highest BCUT2D eigenvalue weighted by molar-refractivity contribution is 9.10. The van der Waals surface area contributed by atoms with Gasteiger partial charge < -0.3 is 9.84 Å². The average molecular weight is 328 g/mol. The van der Waals surface area contributed by atoms with Gasteiger partial charge in [0.2, 0.25) is 0 Å². The van der Waals surface area contributed by atoms with Gasteiger partial charge in [0.15, 0.2) is 0 Å². The Kier molecular flexibility index (Phi) is 4.96. The van der Waals surface area contributed by atoms with Gasteiger partial charge in [-0.1, -0.05) is 28.1 Å². The number of rotatable bonds is 3. The zero-order chi connectivity index (χ0) is 13.8. The highest BCUT2D eigenvalue weighted by Crippen LogP contribution is 2.27. The second kappa shape index (κ2) is 6.50. The minimum atomic E-state index is -0.437. The Morgan fingerprint density at radius 2 is 2.16 bits per heavy atom. The molecule has 2 rings (SSSR count). The van der Waals surface area contributed by atoms with Gasteiger partial charge in [-0.05, 0) is 37.1 Å². The third-order valence-corrected chi connectivity index (χ3v) is 3.93. The van der Waals surface area contributed by atoms with E-state index in [4.69, 9.17) is 4.74 Å². The van der Waals surface area contributed by atoms with Gasteiger partial charge in [0.25, 0.3) is 0 Å². The Hall–Kier alpha value is -0.910. The van der Waals surface area contributed by atoms with Crippen molar-refractivity contribution in [3.8, 4) is 0 Å². The summed E-state index contributed by atoms with van der Waals surface area (Å²) in [5.41, 5.74) is 0.893. The molecule has 0 aliphatic carbocycles. The number of nitrogens with zero attached hydrogens (tertiary/aromatic N) is 1. The van der Waals surface area contributed by atoms with E-state index in [2.05, 4.69) is 15.9 Å². The molecule has 104 valence electrons. The van der Waals surface area contributed by atoms with Crippen molar-refractivity contribution >= 4 is 21.9 Å². The number of hydrogen-bond acceptors (Lipinski definition) is 4. The number of aliphatic hydroxyl groups is 1. The summed E-state index contributed by atoms with van der Waals surface area (Å²) in [5.74, 6) is -0.281. The molecule has 2 atom stereocenters. The standard InChI is InChI=1S/C14H18BrNO3/c1-19-14(18)13(10-4-6-11(15)7-5-10)16-8-2-3-12(17)9-16/h4-7,12-13,17H,2-3,8-9H2,1H3/t12-,13-/m0/s1. The fraction of sp³-hybridized carbons (Fsp3) is 0.500. The summed E-state index contributed by atoms with van der Waals surface area (Å²) in [6.45, 7) is 1.31. The van der Waals surface area contributed by atoms with Crippen LogP contribution in [0.5, 0.6) is 0 Å². The molecule has 1 aromatic carbocycles. The molecule has 1 aromatic rings. The number of methoxy groups -OCH3 is 1. The van der Waals surface area contributed by atoms with E-state index in [9.17, 15) is 9.90 Å². The first-order valence-electron chi connectivity index (χ1n) is 6.37. The van der Waals surface area contributed by atoms with Crippen molar-refractivity contribution in [2.24, 2.45) is 0 Å². The molecule has 0 spiro atoms. The normalized spacial score (nSPS) is 21.9. The summed E-state index contributed by atoms with van der Waals surface area (Å²) in [6, 6.07) is 7.20. The van der Waals surface area contributed by atoms with Gasteiger partial charge in [0, 0.05) is 11.0 Å². The van der Waals surface area contributed by atoms with Gasteiger partial charge in [-0.15, -0.1) is 0 Å². The molecule has 5 heteroatoms. The van der Waals surface area contributed by atoms with E-state index in [1.807, 2.05) is 29.2 Å². The topological polar surface area (TPSA) is 49.8 Å². The second-order valence-corrected chi connectivity index (χ2v) is 5.68. The van der Waals surface area contributed by atoms with Crippen LogP contribution in [0.15, 0.2) is 28.7 Å². The Balaban J connectivity index is 2.25. The van der Waals surface area contributed by atoms with Crippen LogP contribution < -0.4 is 0 Å². The fourth-order valence-electron chi connectivity index (χ4n) is 2.47. The zero-order valence-corrected chi connectivity index (χ0v) is 12.5. The number of benzene rings is 1. The Morgan fingerprint density at radius 3 is 2.74 bits per heavy atom. The molecule has 1 aliphatic rings. The van der Waals surface area contributed by atoms with Crippen LogP contribution in [0.3, 0.4) is 0 Å². The fourth-order valence-corrected chi connectivity index (χ4v) is 2.73. The van der Waals surface area contributed by atoms with E-state index in [0.29, 0.717) is 6.54 Å². The molecular weight excluding hydrogens is 310 g/mol. The van der Waals surface area contributed by atoms with E-state index in [1.54, 1.807) is 0 Å². The predicted molar refractivity (Wildman–Crippen MR) is 75.7 cm³/mol. The molecule has 19 heavy (non-hydrogen) atoms. The van der Waals surface area contributed by atoms with E-state index in [0.717, 1.165) is 29.4 Å². The Morgan fingerprint density at radius 1 is 1.47 bits per heavy atom. The highest BCUT2D eigenvalue weighted by Gasteiger charge is 2.31. The maximum atomic E-state index is 12.0. The number of β-amino-alcohol motifs (C(OH)–C–C–N with tert-alkyl or cyclic N) is 1. The molecule has 1 aliphatic heterocycles. The van der Waals surface area contributed by atoms with Crippen molar-refractivity contribution in [1.82, 2.24) is 4.90 Å². The molecule has 0 aromatic heterocycles. The Labute approximate surface area is 121 Å². The smallest absolute Gasteiger partial charge is 0.327 e. The van der Waals surface area contributed by atoms with Gasteiger partial charge in [0.05, 0.1) is 13.2 Å². The number of piperidine rings is 1. The Bertz CT molecular complexity index is 435. The average Bonchev–Trinajstić information content (AvgIpc) is 2.41. The molecule has 0 unspecified atom stereocenters. The first kappa shape index (κ1) is 14.5. The molecule has 0 bridgehead atoms. The van der Waals surface area contributed by atoms with E-state index in [-0.39, 0.29) is 12.1 Å². The molecule has 4 nitrogen and oxygen atoms in total. The van der Waals surface area contributed by atoms with Crippen LogP contribution in [0.2, 0.25) is 0 Å². The summed E-state index contributed by atoms with van der Waals surface area (Å²) in [6.07, 6.45) is 1.33. The summed E-state index contributed by atoms with van der Waals surface area (Å²) in [7, 11) is 1.40. The zero-order valence-electron chi connectivity index (χ0n) is 10.9. The van der Waals surface area contributed by atoms with E-state index in [1.165, 1.54) is 7.11 Å². The number of esters is 1. The van der Waals surface area contributed by atoms with Crippen molar-refractivity contribution in [2.75, 3.05) is 20.2 Å². The molecule has 1 N–H and O–H groups in total. The SMILES string of the molecule is COC(=O)[C@H](c1ccc(Br)cc1)N1CCC[C@H](O)C1. The lowest BCUT2D eigenvalue weighted by Crippen LogP contribution is -2.43. The molecule has 1 saturated heterocycles. The van der Waals surface area contributed by atoms with E-state index >= 15 is 0 Å². The van der Waals surface area contributed by atoms with Crippen molar-refractivity contribution in [2.45, 2.75) is 25.0 Å². The largest absolute Gasteiger partial charge is 0.468 e. The number of aliphatic hydroxyl groups excluding tert-OH is 1.